The van der Waals surface area contributed by atoms with E-state index in [-0.39, 0.29) is 16.3 Å². The van der Waals surface area contributed by atoms with E-state index in [1.54, 1.807) is 0 Å². The van der Waals surface area contributed by atoms with Crippen LogP contribution in [0.15, 0.2) is 18.2 Å². The number of halogens is 4. The summed E-state index contributed by atoms with van der Waals surface area (Å²) in [6, 6.07) is 3.62. The van der Waals surface area contributed by atoms with Crippen LogP contribution in [0.3, 0.4) is 0 Å². The SMILES string of the molecule is O=C(CCC(F)(F)F)Nc1cc(Cl)ccc1C(=O)O. The van der Waals surface area contributed by atoms with Gasteiger partial charge in [0.25, 0.3) is 0 Å². The van der Waals surface area contributed by atoms with Gasteiger partial charge in [0, 0.05) is 11.4 Å². The van der Waals surface area contributed by atoms with Crippen molar-refractivity contribution >= 4 is 29.2 Å². The predicted molar refractivity (Wildman–Crippen MR) is 62.3 cm³/mol. The lowest BCUT2D eigenvalue weighted by Gasteiger charge is -2.10. The Balaban J connectivity index is 2.78. The van der Waals surface area contributed by atoms with Gasteiger partial charge in [-0.05, 0) is 18.2 Å². The number of carboxylic acid groups (broad SMARTS) is 1. The summed E-state index contributed by atoms with van der Waals surface area (Å²) >= 11 is 5.63. The van der Waals surface area contributed by atoms with Crippen LogP contribution in [0.25, 0.3) is 0 Å². The number of nitrogens with one attached hydrogen (secondary N) is 1. The Hall–Kier alpha value is -1.76. The fourth-order valence-electron chi connectivity index (χ4n) is 1.27. The highest BCUT2D eigenvalue weighted by Crippen LogP contribution is 2.24. The molecular weight excluding hydrogens is 287 g/mol. The van der Waals surface area contributed by atoms with Gasteiger partial charge in [0.2, 0.25) is 5.91 Å². The number of amides is 1. The van der Waals surface area contributed by atoms with Gasteiger partial charge in [0.15, 0.2) is 0 Å². The molecule has 0 aliphatic rings. The minimum atomic E-state index is -4.44. The number of benzene rings is 1. The second-order valence-electron chi connectivity index (χ2n) is 3.66. The Labute approximate surface area is 111 Å². The summed E-state index contributed by atoms with van der Waals surface area (Å²) < 4.78 is 35.8. The minimum absolute atomic E-state index is 0.132. The Morgan fingerprint density at radius 3 is 2.47 bits per heavy atom. The molecule has 1 rings (SSSR count). The maximum atomic E-state index is 11.9. The standard InChI is InChI=1S/C11H9ClF3NO3/c12-6-1-2-7(10(18)19)8(5-6)16-9(17)3-4-11(13,14)15/h1-2,5H,3-4H2,(H,16,17)(H,18,19). The first-order valence-electron chi connectivity index (χ1n) is 5.08. The monoisotopic (exact) mass is 295 g/mol. The van der Waals surface area contributed by atoms with E-state index >= 15 is 0 Å². The minimum Gasteiger partial charge on any atom is -0.478 e. The van der Waals surface area contributed by atoms with Gasteiger partial charge in [0.1, 0.15) is 0 Å². The normalized spacial score (nSPS) is 11.2. The van der Waals surface area contributed by atoms with Crippen LogP contribution in [-0.2, 0) is 4.79 Å². The molecule has 1 aromatic rings. The average molecular weight is 296 g/mol. The van der Waals surface area contributed by atoms with Crippen molar-refractivity contribution in [3.63, 3.8) is 0 Å². The van der Waals surface area contributed by atoms with Crippen LogP contribution in [0.4, 0.5) is 18.9 Å². The quantitative estimate of drug-likeness (QED) is 0.895. The predicted octanol–water partition coefficient (Wildman–Crippen LogP) is 3.32. The number of carboxylic acids is 1. The van der Waals surface area contributed by atoms with Crippen LogP contribution < -0.4 is 5.32 Å². The number of rotatable bonds is 4. The van der Waals surface area contributed by atoms with E-state index < -0.39 is 30.9 Å². The van der Waals surface area contributed by atoms with Crippen molar-refractivity contribution in [3.8, 4) is 0 Å². The lowest BCUT2D eigenvalue weighted by molar-refractivity contribution is -0.142. The Bertz CT molecular complexity index is 502. The molecule has 8 heteroatoms. The van der Waals surface area contributed by atoms with Crippen LogP contribution in [0.2, 0.25) is 5.02 Å². The topological polar surface area (TPSA) is 66.4 Å². The molecule has 0 spiro atoms. The van der Waals surface area contributed by atoms with Gasteiger partial charge in [-0.25, -0.2) is 4.79 Å². The summed E-state index contributed by atoms with van der Waals surface area (Å²) in [6.45, 7) is 0. The highest BCUT2D eigenvalue weighted by molar-refractivity contribution is 6.31. The van der Waals surface area contributed by atoms with Gasteiger partial charge < -0.3 is 10.4 Å². The molecule has 4 nitrogen and oxygen atoms in total. The molecule has 0 aliphatic heterocycles. The smallest absolute Gasteiger partial charge is 0.389 e. The number of hydrogen-bond acceptors (Lipinski definition) is 2. The molecule has 0 saturated heterocycles. The highest BCUT2D eigenvalue weighted by Gasteiger charge is 2.28. The Morgan fingerprint density at radius 1 is 1.32 bits per heavy atom. The number of alkyl halides is 3. The fraction of sp³-hybridized carbons (Fsp3) is 0.273. The number of carbonyl (C=O) groups excluding carboxylic acids is 1. The molecule has 19 heavy (non-hydrogen) atoms. The average Bonchev–Trinajstić information content (AvgIpc) is 2.25. The maximum absolute atomic E-state index is 11.9. The number of aromatic carboxylic acids is 1. The summed E-state index contributed by atoms with van der Waals surface area (Å²) in [4.78, 5) is 22.2. The largest absolute Gasteiger partial charge is 0.478 e. The summed E-state index contributed by atoms with van der Waals surface area (Å²) in [7, 11) is 0. The van der Waals surface area contributed by atoms with Crippen molar-refractivity contribution in [2.75, 3.05) is 5.32 Å². The zero-order chi connectivity index (χ0) is 14.6. The van der Waals surface area contributed by atoms with Crippen LogP contribution in [0.1, 0.15) is 23.2 Å². The Morgan fingerprint density at radius 2 is 1.95 bits per heavy atom. The summed E-state index contributed by atoms with van der Waals surface area (Å²) in [5, 5.41) is 11.1. The molecule has 0 unspecified atom stereocenters. The van der Waals surface area contributed by atoms with E-state index in [2.05, 4.69) is 5.32 Å². The molecule has 2 N–H and O–H groups in total. The van der Waals surface area contributed by atoms with Gasteiger partial charge in [-0.3, -0.25) is 4.79 Å². The Kier molecular flexibility index (Phi) is 4.77. The molecule has 0 atom stereocenters. The molecule has 0 fully saturated rings. The van der Waals surface area contributed by atoms with E-state index in [9.17, 15) is 22.8 Å². The van der Waals surface area contributed by atoms with Crippen molar-refractivity contribution < 1.29 is 27.9 Å². The lowest BCUT2D eigenvalue weighted by Crippen LogP contribution is -2.18. The number of hydrogen-bond donors (Lipinski definition) is 2. The van der Waals surface area contributed by atoms with Crippen LogP contribution in [0, 0.1) is 0 Å². The molecular formula is C11H9ClF3NO3. The van der Waals surface area contributed by atoms with Crippen LogP contribution >= 0.6 is 11.6 Å². The van der Waals surface area contributed by atoms with E-state index in [1.165, 1.54) is 6.07 Å². The lowest BCUT2D eigenvalue weighted by atomic mass is 10.1. The molecule has 0 heterocycles. The highest BCUT2D eigenvalue weighted by atomic mass is 35.5. The molecule has 0 radical (unpaired) electrons. The third kappa shape index (κ3) is 5.17. The van der Waals surface area contributed by atoms with E-state index in [1.807, 2.05) is 0 Å². The van der Waals surface area contributed by atoms with Gasteiger partial charge in [0.05, 0.1) is 17.7 Å². The van der Waals surface area contributed by atoms with Crippen molar-refractivity contribution in [2.45, 2.75) is 19.0 Å². The molecule has 0 bridgehead atoms. The van der Waals surface area contributed by atoms with Crippen molar-refractivity contribution in [1.82, 2.24) is 0 Å². The summed E-state index contributed by atoms with van der Waals surface area (Å²) in [5.41, 5.74) is -0.378. The zero-order valence-electron chi connectivity index (χ0n) is 9.42. The first kappa shape index (κ1) is 15.3. The molecule has 0 aromatic heterocycles. The van der Waals surface area contributed by atoms with Crippen molar-refractivity contribution in [3.05, 3.63) is 28.8 Å². The molecule has 0 aliphatic carbocycles. The molecule has 1 aromatic carbocycles. The third-order valence-electron chi connectivity index (χ3n) is 2.12. The van der Waals surface area contributed by atoms with Gasteiger partial charge in [-0.1, -0.05) is 11.6 Å². The first-order chi connectivity index (χ1) is 8.69. The van der Waals surface area contributed by atoms with Crippen molar-refractivity contribution in [2.24, 2.45) is 0 Å². The van der Waals surface area contributed by atoms with Crippen LogP contribution in [-0.4, -0.2) is 23.2 Å². The summed E-state index contributed by atoms with van der Waals surface area (Å²) in [5.74, 6) is -2.25. The number of anilines is 1. The zero-order valence-corrected chi connectivity index (χ0v) is 10.2. The number of carbonyl (C=O) groups is 2. The second kappa shape index (κ2) is 5.92. The molecule has 1 amide bonds. The van der Waals surface area contributed by atoms with E-state index in [0.717, 1.165) is 12.1 Å². The summed E-state index contributed by atoms with van der Waals surface area (Å²) in [6.07, 6.45) is -6.50. The van der Waals surface area contributed by atoms with Crippen LogP contribution in [0.5, 0.6) is 0 Å². The second-order valence-corrected chi connectivity index (χ2v) is 4.09. The fourth-order valence-corrected chi connectivity index (χ4v) is 1.45. The van der Waals surface area contributed by atoms with Gasteiger partial charge in [-0.2, -0.15) is 13.2 Å². The molecule has 104 valence electrons. The van der Waals surface area contributed by atoms with Gasteiger partial charge >= 0.3 is 12.1 Å². The van der Waals surface area contributed by atoms with E-state index in [4.69, 9.17) is 16.7 Å². The third-order valence-corrected chi connectivity index (χ3v) is 2.36. The van der Waals surface area contributed by atoms with E-state index in [0.29, 0.717) is 0 Å². The molecule has 0 saturated carbocycles. The first-order valence-corrected chi connectivity index (χ1v) is 5.46. The van der Waals surface area contributed by atoms with Crippen molar-refractivity contribution in [1.29, 1.82) is 0 Å². The van der Waals surface area contributed by atoms with Gasteiger partial charge in [-0.15, -0.1) is 0 Å². The maximum Gasteiger partial charge on any atom is 0.389 e.